The van der Waals surface area contributed by atoms with Crippen molar-refractivity contribution in [2.75, 3.05) is 0 Å². The molecule has 0 radical (unpaired) electrons. The molecule has 1 amide bonds. The maximum atomic E-state index is 12.9. The average Bonchev–Trinajstić information content (AvgIpc) is 3.04. The number of nitrogens with zero attached hydrogens (tertiary/aromatic N) is 1. The van der Waals surface area contributed by atoms with Crippen molar-refractivity contribution in [2.45, 2.75) is 83.2 Å². The lowest BCUT2D eigenvalue weighted by atomic mass is 9.91. The van der Waals surface area contributed by atoms with Gasteiger partial charge in [0.05, 0.1) is 0 Å². The Hall–Kier alpha value is -2.05. The minimum atomic E-state index is -6.13. The Morgan fingerprint density at radius 3 is 2.10 bits per heavy atom. The predicted molar refractivity (Wildman–Crippen MR) is 91.2 cm³/mol. The minimum Gasteiger partial charge on any atom is -0.458 e. The van der Waals surface area contributed by atoms with Crippen LogP contribution >= 0.6 is 0 Å². The zero-order valence-corrected chi connectivity index (χ0v) is 16.9. The molecule has 30 heavy (non-hydrogen) atoms. The van der Waals surface area contributed by atoms with Gasteiger partial charge in [0.1, 0.15) is 17.4 Å². The lowest BCUT2D eigenvalue weighted by molar-refractivity contribution is -0.392. The summed E-state index contributed by atoms with van der Waals surface area (Å²) in [6.45, 7) is 8.03. The number of aliphatic hydroxyl groups is 1. The Bertz CT molecular complexity index is 670. The molecule has 0 aromatic heterocycles. The van der Waals surface area contributed by atoms with E-state index >= 15 is 0 Å². The number of ether oxygens (including phenoxy) is 1. The molecule has 0 bridgehead atoms. The van der Waals surface area contributed by atoms with Crippen molar-refractivity contribution in [3.05, 3.63) is 0 Å². The zero-order valence-electron chi connectivity index (χ0n) is 16.9. The smallest absolute Gasteiger partial charge is 0.430 e. The standard InChI is InChI=1S/C17H24F6N2O5/c1-6-8(2)11(13(27)29-14(3,4)5)24-12(26)9-7-10(30-25-9)15(28,16(18,19)20)17(21,22)23/h8,10-11,28H,6-7H2,1-5H3,(H,24,26). The highest BCUT2D eigenvalue weighted by atomic mass is 19.4. The number of carbonyl (C=O) groups is 2. The molecule has 1 aliphatic rings. The molecule has 174 valence electrons. The SMILES string of the molecule is CCC(C)C(NC(=O)C1=NOC(C(O)(C(F)(F)F)C(F)(F)F)C1)C(=O)OC(C)(C)C. The number of hydrogen-bond acceptors (Lipinski definition) is 6. The van der Waals surface area contributed by atoms with E-state index in [1.807, 2.05) is 0 Å². The van der Waals surface area contributed by atoms with Gasteiger partial charge < -0.3 is 20.0 Å². The predicted octanol–water partition coefficient (Wildman–Crippen LogP) is 2.86. The van der Waals surface area contributed by atoms with E-state index in [1.165, 1.54) is 0 Å². The van der Waals surface area contributed by atoms with Crippen molar-refractivity contribution in [3.8, 4) is 0 Å². The molecule has 0 aliphatic carbocycles. The quantitative estimate of drug-likeness (QED) is 0.479. The summed E-state index contributed by atoms with van der Waals surface area (Å²) in [6, 6.07) is -1.23. The number of carbonyl (C=O) groups excluding carboxylic acids is 2. The Morgan fingerprint density at radius 1 is 1.20 bits per heavy atom. The van der Waals surface area contributed by atoms with E-state index in [4.69, 9.17) is 4.74 Å². The van der Waals surface area contributed by atoms with E-state index < -0.39 is 65.6 Å². The molecule has 7 nitrogen and oxygen atoms in total. The van der Waals surface area contributed by atoms with Crippen LogP contribution in [-0.2, 0) is 19.2 Å². The van der Waals surface area contributed by atoms with Gasteiger partial charge in [0.15, 0.2) is 6.10 Å². The second-order valence-electron chi connectivity index (χ2n) is 7.97. The lowest BCUT2D eigenvalue weighted by Crippen LogP contribution is -2.64. The monoisotopic (exact) mass is 450 g/mol. The van der Waals surface area contributed by atoms with Crippen molar-refractivity contribution in [3.63, 3.8) is 0 Å². The van der Waals surface area contributed by atoms with Crippen LogP contribution in [0.25, 0.3) is 0 Å². The van der Waals surface area contributed by atoms with Crippen LogP contribution in [0.1, 0.15) is 47.5 Å². The third kappa shape index (κ3) is 5.55. The maximum Gasteiger partial charge on any atom is 0.430 e. The molecular formula is C17H24F6N2O5. The van der Waals surface area contributed by atoms with Gasteiger partial charge in [-0.3, -0.25) is 4.79 Å². The Kier molecular flexibility index (Phi) is 7.45. The van der Waals surface area contributed by atoms with Gasteiger partial charge in [0.2, 0.25) is 0 Å². The summed E-state index contributed by atoms with van der Waals surface area (Å²) < 4.78 is 82.8. The van der Waals surface area contributed by atoms with Crippen LogP contribution in [0.4, 0.5) is 26.3 Å². The first-order valence-corrected chi connectivity index (χ1v) is 8.97. The molecule has 3 unspecified atom stereocenters. The van der Waals surface area contributed by atoms with Crippen LogP contribution in [0.3, 0.4) is 0 Å². The van der Waals surface area contributed by atoms with Gasteiger partial charge in [-0.15, -0.1) is 0 Å². The maximum absolute atomic E-state index is 12.9. The summed E-state index contributed by atoms with van der Waals surface area (Å²) in [5.74, 6) is -2.51. The number of hydrogen-bond donors (Lipinski definition) is 2. The number of rotatable bonds is 6. The fourth-order valence-electron chi connectivity index (χ4n) is 2.52. The minimum absolute atomic E-state index is 0.400. The third-order valence-electron chi connectivity index (χ3n) is 4.42. The van der Waals surface area contributed by atoms with Gasteiger partial charge in [0.25, 0.3) is 11.5 Å². The molecule has 0 aromatic rings. The van der Waals surface area contributed by atoms with Crippen LogP contribution in [-0.4, -0.2) is 58.4 Å². The second-order valence-corrected chi connectivity index (χ2v) is 7.97. The van der Waals surface area contributed by atoms with Gasteiger partial charge in [0, 0.05) is 6.42 Å². The van der Waals surface area contributed by atoms with Gasteiger partial charge in [-0.25, -0.2) is 4.79 Å². The van der Waals surface area contributed by atoms with Gasteiger partial charge in [-0.05, 0) is 26.7 Å². The van der Waals surface area contributed by atoms with E-state index in [2.05, 4.69) is 15.3 Å². The Labute approximate surface area is 168 Å². The number of oxime groups is 1. The molecule has 1 rings (SSSR count). The van der Waals surface area contributed by atoms with Crippen molar-refractivity contribution >= 4 is 17.6 Å². The summed E-state index contributed by atoms with van der Waals surface area (Å²) in [5.41, 5.74) is -6.96. The highest BCUT2D eigenvalue weighted by Crippen LogP contribution is 2.48. The van der Waals surface area contributed by atoms with E-state index in [0.717, 1.165) is 0 Å². The first-order valence-electron chi connectivity index (χ1n) is 8.97. The molecule has 1 heterocycles. The highest BCUT2D eigenvalue weighted by Gasteiger charge is 2.76. The molecular weight excluding hydrogens is 426 g/mol. The van der Waals surface area contributed by atoms with Crippen LogP contribution in [0.5, 0.6) is 0 Å². The molecule has 2 N–H and O–H groups in total. The van der Waals surface area contributed by atoms with E-state index in [-0.39, 0.29) is 0 Å². The first kappa shape index (κ1) is 26.0. The summed E-state index contributed by atoms with van der Waals surface area (Å²) >= 11 is 0. The number of halogens is 6. The third-order valence-corrected chi connectivity index (χ3v) is 4.42. The number of alkyl halides is 6. The van der Waals surface area contributed by atoms with Crippen molar-refractivity contribution < 1.29 is 50.6 Å². The largest absolute Gasteiger partial charge is 0.458 e. The molecule has 13 heteroatoms. The molecule has 0 aromatic carbocycles. The zero-order chi connectivity index (χ0) is 23.7. The molecule has 0 saturated heterocycles. The van der Waals surface area contributed by atoms with Crippen LogP contribution in [0, 0.1) is 5.92 Å². The summed E-state index contributed by atoms with van der Waals surface area (Å²) in [4.78, 5) is 28.8. The van der Waals surface area contributed by atoms with E-state index in [1.54, 1.807) is 34.6 Å². The van der Waals surface area contributed by atoms with Crippen molar-refractivity contribution in [1.29, 1.82) is 0 Å². The fourth-order valence-corrected chi connectivity index (χ4v) is 2.52. The lowest BCUT2D eigenvalue weighted by Gasteiger charge is -2.35. The molecule has 1 aliphatic heterocycles. The van der Waals surface area contributed by atoms with Crippen molar-refractivity contribution in [1.82, 2.24) is 5.32 Å². The molecule has 0 saturated carbocycles. The number of nitrogens with one attached hydrogen (secondary N) is 1. The Morgan fingerprint density at radius 2 is 1.70 bits per heavy atom. The van der Waals surface area contributed by atoms with Crippen LogP contribution < -0.4 is 5.32 Å². The molecule has 0 fully saturated rings. The van der Waals surface area contributed by atoms with Gasteiger partial charge in [-0.2, -0.15) is 26.3 Å². The normalized spacial score (nSPS) is 20.1. The van der Waals surface area contributed by atoms with Gasteiger partial charge in [-0.1, -0.05) is 25.4 Å². The molecule has 3 atom stereocenters. The summed E-state index contributed by atoms with van der Waals surface area (Å²) in [6.07, 6.45) is -16.1. The van der Waals surface area contributed by atoms with E-state index in [9.17, 15) is 41.0 Å². The fraction of sp³-hybridized carbons (Fsp3) is 0.824. The Balaban J connectivity index is 3.01. The molecule has 0 spiro atoms. The highest BCUT2D eigenvalue weighted by molar-refractivity contribution is 6.39. The topological polar surface area (TPSA) is 97.2 Å². The second kappa shape index (κ2) is 8.60. The summed E-state index contributed by atoms with van der Waals surface area (Å²) in [7, 11) is 0. The van der Waals surface area contributed by atoms with Gasteiger partial charge >= 0.3 is 18.3 Å². The van der Waals surface area contributed by atoms with Crippen LogP contribution in [0.2, 0.25) is 0 Å². The van der Waals surface area contributed by atoms with Crippen molar-refractivity contribution in [2.24, 2.45) is 11.1 Å². The number of esters is 1. The first-order chi connectivity index (χ1) is 13.3. The van der Waals surface area contributed by atoms with Crippen LogP contribution in [0.15, 0.2) is 5.16 Å². The number of amides is 1. The average molecular weight is 450 g/mol. The van der Waals surface area contributed by atoms with E-state index in [0.29, 0.717) is 6.42 Å². The summed E-state index contributed by atoms with van der Waals surface area (Å²) in [5, 5.41) is 14.5.